The van der Waals surface area contributed by atoms with E-state index in [0.29, 0.717) is 0 Å². The normalized spacial score (nSPS) is 10.9. The molecule has 0 aliphatic carbocycles. The molecule has 0 saturated heterocycles. The second kappa shape index (κ2) is 1.91. The van der Waals surface area contributed by atoms with Gasteiger partial charge in [0.1, 0.15) is 11.3 Å². The van der Waals surface area contributed by atoms with Crippen LogP contribution in [0.15, 0.2) is 4.42 Å². The Hall–Kier alpha value is -0.290. The zero-order chi connectivity index (χ0) is 6.15. The first-order chi connectivity index (χ1) is 3.70. The van der Waals surface area contributed by atoms with Crippen molar-refractivity contribution >= 4 is 8.19 Å². The van der Waals surface area contributed by atoms with Crippen LogP contribution in [0.25, 0.3) is 0 Å². The van der Waals surface area contributed by atoms with Crippen molar-refractivity contribution in [3.63, 3.8) is 0 Å². The average molecular weight is 128 g/mol. The highest BCUT2D eigenvalue weighted by Crippen LogP contribution is 2.24. The summed E-state index contributed by atoms with van der Waals surface area (Å²) in [6.07, 6.45) is 0. The second-order valence-electron chi connectivity index (χ2n) is 1.87. The first kappa shape index (κ1) is 5.84. The third kappa shape index (κ3) is 0.924. The molecule has 1 aromatic heterocycles. The number of rotatable bonds is 0. The van der Waals surface area contributed by atoms with Crippen LogP contribution >= 0.6 is 8.19 Å². The van der Waals surface area contributed by atoms with Crippen LogP contribution in [0, 0.1) is 20.8 Å². The van der Waals surface area contributed by atoms with E-state index in [1.54, 1.807) is 0 Å². The molecule has 0 fully saturated rings. The van der Waals surface area contributed by atoms with E-state index in [0.717, 1.165) is 11.3 Å². The van der Waals surface area contributed by atoms with Crippen molar-refractivity contribution in [2.75, 3.05) is 0 Å². The minimum atomic E-state index is 1.07. The van der Waals surface area contributed by atoms with Crippen LogP contribution in [-0.4, -0.2) is 0 Å². The maximum absolute atomic E-state index is 5.26. The quantitative estimate of drug-likeness (QED) is 0.523. The summed E-state index contributed by atoms with van der Waals surface area (Å²) in [4.78, 5) is 0. The molecule has 1 heterocycles. The zero-order valence-corrected chi connectivity index (χ0v) is 6.25. The monoisotopic (exact) mass is 128 g/mol. The highest BCUT2D eigenvalue weighted by Gasteiger charge is 1.96. The lowest BCUT2D eigenvalue weighted by Crippen LogP contribution is -1.61. The Kier molecular flexibility index (Phi) is 1.39. The van der Waals surface area contributed by atoms with Crippen molar-refractivity contribution in [3.05, 3.63) is 16.5 Å². The van der Waals surface area contributed by atoms with E-state index in [-0.39, 0.29) is 0 Å². The maximum atomic E-state index is 5.26. The number of hydrogen-bond donors (Lipinski definition) is 0. The highest BCUT2D eigenvalue weighted by atomic mass is 31.0. The Labute approximate surface area is 50.8 Å². The molecule has 0 spiro atoms. The first-order valence-electron chi connectivity index (χ1n) is 2.61. The molecule has 0 aromatic carbocycles. The molecule has 1 aromatic rings. The molecule has 0 aliphatic heterocycles. The summed E-state index contributed by atoms with van der Waals surface area (Å²) >= 11 is 0. The molecule has 2 heteroatoms. The molecule has 8 heavy (non-hydrogen) atoms. The van der Waals surface area contributed by atoms with Crippen molar-refractivity contribution in [2.45, 2.75) is 20.8 Å². The smallest absolute Gasteiger partial charge is 0.127 e. The van der Waals surface area contributed by atoms with E-state index in [1.165, 1.54) is 13.5 Å². The predicted molar refractivity (Wildman–Crippen MR) is 35.4 cm³/mol. The minimum absolute atomic E-state index is 1.07. The fraction of sp³-hybridized carbons (Fsp3) is 0.500. The molecule has 0 amide bonds. The topological polar surface area (TPSA) is 13.1 Å². The lowest BCUT2D eigenvalue weighted by atomic mass is 10.5. The van der Waals surface area contributed by atoms with E-state index in [1.807, 2.05) is 13.8 Å². The van der Waals surface area contributed by atoms with Crippen molar-refractivity contribution < 1.29 is 4.42 Å². The third-order valence-electron chi connectivity index (χ3n) is 1.14. The molecule has 0 N–H and O–H groups in total. The lowest BCUT2D eigenvalue weighted by Gasteiger charge is -1.79. The van der Waals surface area contributed by atoms with E-state index in [4.69, 9.17) is 4.42 Å². The van der Waals surface area contributed by atoms with Gasteiger partial charge >= 0.3 is 0 Å². The molecule has 1 rings (SSSR count). The van der Waals surface area contributed by atoms with Gasteiger partial charge in [-0.15, -0.1) is 0 Å². The summed E-state index contributed by atoms with van der Waals surface area (Å²) in [7, 11) is 1.26. The first-order valence-corrected chi connectivity index (χ1v) is 3.50. The maximum Gasteiger partial charge on any atom is 0.127 e. The second-order valence-corrected chi connectivity index (χ2v) is 3.40. The third-order valence-corrected chi connectivity index (χ3v) is 2.19. The van der Waals surface area contributed by atoms with Gasteiger partial charge in [-0.2, -0.15) is 0 Å². The van der Waals surface area contributed by atoms with Gasteiger partial charge in [-0.05, 0) is 29.0 Å². The van der Waals surface area contributed by atoms with Crippen LogP contribution in [0.5, 0.6) is 0 Å². The number of hydrogen-bond acceptors (Lipinski definition) is 1. The van der Waals surface area contributed by atoms with Gasteiger partial charge in [0.2, 0.25) is 0 Å². The molecular formula is C6H9OP. The van der Waals surface area contributed by atoms with E-state index in [9.17, 15) is 0 Å². The Bertz CT molecular complexity index is 171. The summed E-state index contributed by atoms with van der Waals surface area (Å²) in [5.74, 6) is 1.07. The Morgan fingerprint density at radius 3 is 2.00 bits per heavy atom. The summed E-state index contributed by atoms with van der Waals surface area (Å²) in [5, 5.41) is 1.34. The number of aryl methyl sites for hydroxylation is 3. The van der Waals surface area contributed by atoms with Crippen LogP contribution in [0.4, 0.5) is 0 Å². The molecule has 0 bridgehead atoms. The SMILES string of the molecule is Cc1oc(C)c(C)p1. The van der Waals surface area contributed by atoms with Crippen molar-refractivity contribution in [2.24, 2.45) is 0 Å². The highest BCUT2D eigenvalue weighted by molar-refractivity contribution is 7.31. The van der Waals surface area contributed by atoms with Gasteiger partial charge in [-0.3, -0.25) is 0 Å². The zero-order valence-electron chi connectivity index (χ0n) is 5.36. The van der Waals surface area contributed by atoms with Crippen LogP contribution in [0.3, 0.4) is 0 Å². The van der Waals surface area contributed by atoms with Crippen LogP contribution in [0.2, 0.25) is 0 Å². The Morgan fingerprint density at radius 2 is 1.88 bits per heavy atom. The van der Waals surface area contributed by atoms with Gasteiger partial charge in [-0.25, -0.2) is 0 Å². The van der Waals surface area contributed by atoms with Gasteiger partial charge in [0.05, 0.1) is 0 Å². The van der Waals surface area contributed by atoms with E-state index in [2.05, 4.69) is 6.92 Å². The summed E-state index contributed by atoms with van der Waals surface area (Å²) in [5.41, 5.74) is 1.10. The molecule has 0 radical (unpaired) electrons. The summed E-state index contributed by atoms with van der Waals surface area (Å²) < 4.78 is 5.26. The summed E-state index contributed by atoms with van der Waals surface area (Å²) in [6, 6.07) is 0. The van der Waals surface area contributed by atoms with Crippen molar-refractivity contribution in [1.29, 1.82) is 0 Å². The molecule has 0 aliphatic rings. The molecule has 0 atom stereocenters. The lowest BCUT2D eigenvalue weighted by molar-refractivity contribution is 0.508. The van der Waals surface area contributed by atoms with Gasteiger partial charge in [0.25, 0.3) is 0 Å². The fourth-order valence-electron chi connectivity index (χ4n) is 0.633. The van der Waals surface area contributed by atoms with Crippen LogP contribution in [-0.2, 0) is 0 Å². The van der Waals surface area contributed by atoms with Gasteiger partial charge in [0, 0.05) is 5.30 Å². The van der Waals surface area contributed by atoms with Gasteiger partial charge in [-0.1, -0.05) is 0 Å². The average Bonchev–Trinajstić information content (AvgIpc) is 1.85. The standard InChI is InChI=1S/C6H9OP/c1-4-5(2)8-6(3)7-4/h1-3H3. The van der Waals surface area contributed by atoms with Crippen LogP contribution < -0.4 is 0 Å². The molecule has 0 unspecified atom stereocenters. The van der Waals surface area contributed by atoms with E-state index < -0.39 is 0 Å². The predicted octanol–water partition coefficient (Wildman–Crippen LogP) is 2.78. The molecule has 1 nitrogen and oxygen atoms in total. The van der Waals surface area contributed by atoms with E-state index >= 15 is 0 Å². The van der Waals surface area contributed by atoms with Crippen LogP contribution in [0.1, 0.15) is 16.5 Å². The summed E-state index contributed by atoms with van der Waals surface area (Å²) in [6.45, 7) is 6.09. The Balaban J connectivity index is 3.14. The van der Waals surface area contributed by atoms with Gasteiger partial charge < -0.3 is 4.42 Å². The van der Waals surface area contributed by atoms with Gasteiger partial charge in [0.15, 0.2) is 0 Å². The van der Waals surface area contributed by atoms with Crippen molar-refractivity contribution in [1.82, 2.24) is 0 Å². The molecular weight excluding hydrogens is 119 g/mol. The molecule has 44 valence electrons. The Morgan fingerprint density at radius 1 is 1.25 bits per heavy atom. The van der Waals surface area contributed by atoms with Crippen molar-refractivity contribution in [3.8, 4) is 0 Å². The molecule has 0 saturated carbocycles. The fourth-order valence-corrected chi connectivity index (χ4v) is 1.49. The largest absolute Gasteiger partial charge is 0.461 e. The minimum Gasteiger partial charge on any atom is -0.461 e.